The second-order valence-corrected chi connectivity index (χ2v) is 7.47. The van der Waals surface area contributed by atoms with E-state index in [1.54, 1.807) is 18.3 Å². The number of nitrogen functional groups attached to an aromatic ring is 1. The van der Waals surface area contributed by atoms with E-state index in [0.717, 1.165) is 27.6 Å². The van der Waals surface area contributed by atoms with Crippen molar-refractivity contribution in [1.29, 1.82) is 0 Å². The Balaban J connectivity index is 1.48. The first-order chi connectivity index (χ1) is 16.7. The lowest BCUT2D eigenvalue weighted by atomic mass is 10.0. The van der Waals surface area contributed by atoms with Gasteiger partial charge in [0, 0.05) is 23.3 Å². The molecule has 3 aromatic carbocycles. The van der Waals surface area contributed by atoms with Crippen molar-refractivity contribution in [2.75, 3.05) is 11.1 Å². The van der Waals surface area contributed by atoms with E-state index < -0.39 is 0 Å². The Hall–Kier alpha value is -4.85. The summed E-state index contributed by atoms with van der Waals surface area (Å²) in [5, 5.41) is 4.47. The van der Waals surface area contributed by atoms with Crippen LogP contribution >= 0.6 is 0 Å². The number of amides is 1. The Morgan fingerprint density at radius 2 is 1.65 bits per heavy atom. The van der Waals surface area contributed by atoms with E-state index in [0.29, 0.717) is 18.0 Å². The largest absolute Gasteiger partial charge is 0.488 e. The molecule has 0 aliphatic rings. The van der Waals surface area contributed by atoms with Crippen LogP contribution in [0.15, 0.2) is 91.3 Å². The third-order valence-corrected chi connectivity index (χ3v) is 5.16. The number of anilines is 2. The normalized spacial score (nSPS) is 10.7. The Kier molecular flexibility index (Phi) is 5.77. The van der Waals surface area contributed by atoms with Crippen LogP contribution in [-0.2, 0) is 6.61 Å². The Bertz CT molecular complexity index is 1460. The Morgan fingerprint density at radius 1 is 0.853 bits per heavy atom. The van der Waals surface area contributed by atoms with Gasteiger partial charge in [-0.25, -0.2) is 0 Å². The molecular weight excluding hydrogens is 428 g/mol. The summed E-state index contributed by atoms with van der Waals surface area (Å²) < 4.78 is 6.10. The summed E-state index contributed by atoms with van der Waals surface area (Å²) in [6.07, 6.45) is 3.05. The minimum absolute atomic E-state index is 0.0000260. The van der Waals surface area contributed by atoms with Crippen LogP contribution in [0.1, 0.15) is 15.9 Å². The molecule has 0 saturated heterocycles. The molecule has 0 aliphatic carbocycles. The molecular formula is C26H20N6O2. The quantitative estimate of drug-likeness (QED) is 0.393. The van der Waals surface area contributed by atoms with Crippen molar-refractivity contribution in [1.82, 2.24) is 19.9 Å². The zero-order valence-electron chi connectivity index (χ0n) is 18.1. The average molecular weight is 448 g/mol. The second-order valence-electron chi connectivity index (χ2n) is 7.47. The molecule has 34 heavy (non-hydrogen) atoms. The van der Waals surface area contributed by atoms with E-state index in [2.05, 4.69) is 25.3 Å². The first-order valence-corrected chi connectivity index (χ1v) is 10.6. The number of hydrogen-bond donors (Lipinski definition) is 2. The zero-order valence-corrected chi connectivity index (χ0v) is 18.1. The molecule has 0 unspecified atom stereocenters. The fourth-order valence-electron chi connectivity index (χ4n) is 3.57. The highest BCUT2D eigenvalue weighted by Crippen LogP contribution is 2.34. The fourth-order valence-corrected chi connectivity index (χ4v) is 3.57. The van der Waals surface area contributed by atoms with Gasteiger partial charge in [0.15, 0.2) is 5.82 Å². The molecule has 0 bridgehead atoms. The maximum Gasteiger partial charge on any atom is 0.259 e. The lowest BCUT2D eigenvalue weighted by molar-refractivity contribution is 0.102. The molecule has 3 N–H and O–H groups in total. The van der Waals surface area contributed by atoms with Crippen LogP contribution in [0, 0.1) is 0 Å². The van der Waals surface area contributed by atoms with E-state index in [1.165, 1.54) is 6.20 Å². The van der Waals surface area contributed by atoms with Crippen molar-refractivity contribution in [3.8, 4) is 17.1 Å². The van der Waals surface area contributed by atoms with Crippen molar-refractivity contribution < 1.29 is 9.53 Å². The molecule has 0 aliphatic heterocycles. The second kappa shape index (κ2) is 9.33. The van der Waals surface area contributed by atoms with E-state index in [9.17, 15) is 4.79 Å². The minimum Gasteiger partial charge on any atom is -0.488 e. The summed E-state index contributed by atoms with van der Waals surface area (Å²) in [6.45, 7) is 0.452. The molecule has 2 aromatic heterocycles. The van der Waals surface area contributed by atoms with Crippen molar-refractivity contribution >= 4 is 28.6 Å². The van der Waals surface area contributed by atoms with Gasteiger partial charge >= 0.3 is 0 Å². The first kappa shape index (κ1) is 21.0. The van der Waals surface area contributed by atoms with Crippen LogP contribution in [0.2, 0.25) is 0 Å². The number of nitrogens with zero attached hydrogens (tertiary/aromatic N) is 4. The van der Waals surface area contributed by atoms with E-state index >= 15 is 0 Å². The molecule has 0 saturated carbocycles. The third kappa shape index (κ3) is 4.51. The van der Waals surface area contributed by atoms with Gasteiger partial charge in [0.2, 0.25) is 11.9 Å². The van der Waals surface area contributed by atoms with Gasteiger partial charge in [-0.15, -0.1) is 0 Å². The van der Waals surface area contributed by atoms with E-state index in [4.69, 9.17) is 10.5 Å². The molecule has 0 spiro atoms. The molecule has 0 radical (unpaired) electrons. The van der Waals surface area contributed by atoms with Gasteiger partial charge in [-0.1, -0.05) is 54.6 Å². The standard InChI is InChI=1S/C26H20N6O2/c27-25-29-23(30-26(32-25)31-24(33)18-9-6-14-28-15-18)21-12-13-22(20-11-5-4-10-19(20)21)34-16-17-7-2-1-3-8-17/h1-15H,16H2,(H3,27,29,30,31,32,33). The van der Waals surface area contributed by atoms with E-state index in [1.807, 2.05) is 66.7 Å². The van der Waals surface area contributed by atoms with Gasteiger partial charge in [-0.2, -0.15) is 15.0 Å². The SMILES string of the molecule is Nc1nc(NC(=O)c2cccnc2)nc(-c2ccc(OCc3ccccc3)c3ccccc23)n1. The number of nitrogens with one attached hydrogen (secondary N) is 1. The number of pyridine rings is 1. The van der Waals surface area contributed by atoms with Crippen LogP contribution in [0.3, 0.4) is 0 Å². The predicted octanol–water partition coefficient (Wildman–Crippen LogP) is 4.50. The number of benzene rings is 3. The van der Waals surface area contributed by atoms with Crippen LogP contribution < -0.4 is 15.8 Å². The molecule has 0 atom stereocenters. The number of carbonyl (C=O) groups excluding carboxylic acids is 1. The average Bonchev–Trinajstić information content (AvgIpc) is 2.88. The molecule has 0 fully saturated rings. The van der Waals surface area contributed by atoms with Crippen LogP contribution in [0.5, 0.6) is 5.75 Å². The number of nitrogens with two attached hydrogens (primary N) is 1. The molecule has 5 rings (SSSR count). The lowest BCUT2D eigenvalue weighted by Crippen LogP contribution is -2.16. The highest BCUT2D eigenvalue weighted by atomic mass is 16.5. The van der Waals surface area contributed by atoms with Gasteiger partial charge < -0.3 is 10.5 Å². The fraction of sp³-hybridized carbons (Fsp3) is 0.0385. The summed E-state index contributed by atoms with van der Waals surface area (Å²) in [7, 11) is 0. The Labute approximate surface area is 195 Å². The summed E-state index contributed by atoms with van der Waals surface area (Å²) in [5.41, 5.74) is 8.15. The van der Waals surface area contributed by atoms with Gasteiger partial charge in [0.25, 0.3) is 5.91 Å². The number of hydrogen-bond acceptors (Lipinski definition) is 7. The Morgan fingerprint density at radius 3 is 2.44 bits per heavy atom. The van der Waals surface area contributed by atoms with Crippen molar-refractivity contribution in [3.05, 3.63) is 102 Å². The summed E-state index contributed by atoms with van der Waals surface area (Å²) in [4.78, 5) is 29.3. The predicted molar refractivity (Wildman–Crippen MR) is 130 cm³/mol. The summed E-state index contributed by atoms with van der Waals surface area (Å²) >= 11 is 0. The van der Waals surface area contributed by atoms with Gasteiger partial charge in [0.05, 0.1) is 5.56 Å². The topological polar surface area (TPSA) is 116 Å². The molecule has 166 valence electrons. The van der Waals surface area contributed by atoms with E-state index in [-0.39, 0.29) is 17.8 Å². The maximum absolute atomic E-state index is 12.5. The summed E-state index contributed by atoms with van der Waals surface area (Å²) in [5.74, 6) is 0.763. The monoisotopic (exact) mass is 448 g/mol. The summed E-state index contributed by atoms with van der Waals surface area (Å²) in [6, 6.07) is 24.9. The van der Waals surface area contributed by atoms with Crippen molar-refractivity contribution in [2.24, 2.45) is 0 Å². The van der Waals surface area contributed by atoms with Crippen LogP contribution in [0.25, 0.3) is 22.2 Å². The number of carbonyl (C=O) groups is 1. The minimum atomic E-state index is -0.390. The molecule has 1 amide bonds. The zero-order chi connectivity index (χ0) is 23.3. The maximum atomic E-state index is 12.5. The third-order valence-electron chi connectivity index (χ3n) is 5.16. The highest BCUT2D eigenvalue weighted by molar-refractivity contribution is 6.03. The van der Waals surface area contributed by atoms with Crippen LogP contribution in [0.4, 0.5) is 11.9 Å². The smallest absolute Gasteiger partial charge is 0.259 e. The lowest BCUT2D eigenvalue weighted by Gasteiger charge is -2.13. The van der Waals surface area contributed by atoms with Gasteiger partial charge in [-0.3, -0.25) is 15.1 Å². The van der Waals surface area contributed by atoms with Gasteiger partial charge in [0.1, 0.15) is 12.4 Å². The van der Waals surface area contributed by atoms with Crippen molar-refractivity contribution in [2.45, 2.75) is 6.61 Å². The molecule has 8 heteroatoms. The number of ether oxygens (including phenoxy) is 1. The highest BCUT2D eigenvalue weighted by Gasteiger charge is 2.15. The van der Waals surface area contributed by atoms with Crippen LogP contribution in [-0.4, -0.2) is 25.8 Å². The molecule has 2 heterocycles. The molecule has 5 aromatic rings. The molecule has 8 nitrogen and oxygen atoms in total. The first-order valence-electron chi connectivity index (χ1n) is 10.6. The number of fused-ring (bicyclic) bond motifs is 1. The number of aromatic nitrogens is 4. The number of rotatable bonds is 6. The van der Waals surface area contributed by atoms with Gasteiger partial charge in [-0.05, 0) is 35.2 Å². The van der Waals surface area contributed by atoms with Crippen molar-refractivity contribution in [3.63, 3.8) is 0 Å².